The van der Waals surface area contributed by atoms with Crippen LogP contribution in [0.3, 0.4) is 0 Å². The number of carbonyl (C=O) groups excluding carboxylic acids is 1. The number of hydrogen-bond acceptors (Lipinski definition) is 3. The first-order chi connectivity index (χ1) is 7.41. The van der Waals surface area contributed by atoms with E-state index in [1.54, 1.807) is 25.1 Å². The minimum absolute atomic E-state index is 0.0670. The van der Waals surface area contributed by atoms with Crippen molar-refractivity contribution in [1.82, 2.24) is 0 Å². The molecule has 0 aliphatic carbocycles. The molecule has 4 nitrogen and oxygen atoms in total. The lowest BCUT2D eigenvalue weighted by Gasteiger charge is -2.12. The zero-order chi connectivity index (χ0) is 12.3. The number of aliphatic hydroxyl groups excluding tert-OH is 1. The molecule has 0 aromatic heterocycles. The Labute approximate surface area is 93.5 Å². The molecule has 86 valence electrons. The zero-order valence-corrected chi connectivity index (χ0v) is 9.23. The molecular formula is C12H14O4. The Hall–Kier alpha value is -1.68. The molecule has 0 aliphatic rings. The lowest BCUT2D eigenvalue weighted by Crippen LogP contribution is -2.14. The summed E-state index contributed by atoms with van der Waals surface area (Å²) in [6, 6.07) is 5.06. The van der Waals surface area contributed by atoms with E-state index in [1.165, 1.54) is 6.92 Å². The summed E-state index contributed by atoms with van der Waals surface area (Å²) in [6.45, 7) is 3.23. The average Bonchev–Trinajstić information content (AvgIpc) is 2.18. The van der Waals surface area contributed by atoms with E-state index in [0.29, 0.717) is 11.1 Å². The summed E-state index contributed by atoms with van der Waals surface area (Å²) < 4.78 is 0. The molecule has 1 aromatic rings. The largest absolute Gasteiger partial charge is 0.479 e. The van der Waals surface area contributed by atoms with Gasteiger partial charge in [0.2, 0.25) is 0 Å². The first-order valence-electron chi connectivity index (χ1n) is 4.91. The Morgan fingerprint density at radius 2 is 2.00 bits per heavy atom. The molecule has 1 rings (SSSR count). The molecule has 0 fully saturated rings. The van der Waals surface area contributed by atoms with Crippen LogP contribution in [-0.4, -0.2) is 22.0 Å². The fraction of sp³-hybridized carbons (Fsp3) is 0.333. The van der Waals surface area contributed by atoms with Gasteiger partial charge in [-0.1, -0.05) is 23.8 Å². The number of rotatable bonds is 4. The minimum Gasteiger partial charge on any atom is -0.479 e. The van der Waals surface area contributed by atoms with Gasteiger partial charge in [-0.2, -0.15) is 0 Å². The van der Waals surface area contributed by atoms with Gasteiger partial charge < -0.3 is 10.2 Å². The average molecular weight is 222 g/mol. The number of hydrogen-bond donors (Lipinski definition) is 2. The zero-order valence-electron chi connectivity index (χ0n) is 9.23. The first-order valence-corrected chi connectivity index (χ1v) is 4.91. The molecule has 1 atom stereocenters. The van der Waals surface area contributed by atoms with Gasteiger partial charge in [0.15, 0.2) is 6.10 Å². The number of aliphatic carboxylic acids is 1. The summed E-state index contributed by atoms with van der Waals surface area (Å²) in [4.78, 5) is 21.7. The van der Waals surface area contributed by atoms with Crippen LogP contribution in [0.15, 0.2) is 18.2 Å². The van der Waals surface area contributed by atoms with Crippen molar-refractivity contribution in [1.29, 1.82) is 0 Å². The topological polar surface area (TPSA) is 74.6 Å². The van der Waals surface area contributed by atoms with Gasteiger partial charge >= 0.3 is 5.97 Å². The molecule has 0 radical (unpaired) electrons. The molecule has 0 saturated carbocycles. The smallest absolute Gasteiger partial charge is 0.337 e. The van der Waals surface area contributed by atoms with Crippen LogP contribution >= 0.6 is 0 Å². The predicted octanol–water partition coefficient (Wildman–Crippen LogP) is 1.24. The highest BCUT2D eigenvalue weighted by Crippen LogP contribution is 2.20. The summed E-state index contributed by atoms with van der Waals surface area (Å²) in [7, 11) is 0. The highest BCUT2D eigenvalue weighted by Gasteiger charge is 2.19. The van der Waals surface area contributed by atoms with Crippen molar-refractivity contribution >= 4 is 11.8 Å². The highest BCUT2D eigenvalue weighted by molar-refractivity contribution is 5.80. The van der Waals surface area contributed by atoms with Gasteiger partial charge in [0.1, 0.15) is 5.78 Å². The number of ketones is 1. The molecule has 0 spiro atoms. The number of carboxylic acids is 1. The lowest BCUT2D eigenvalue weighted by atomic mass is 9.96. The van der Waals surface area contributed by atoms with Crippen molar-refractivity contribution in [3.8, 4) is 0 Å². The van der Waals surface area contributed by atoms with Crippen molar-refractivity contribution in [3.63, 3.8) is 0 Å². The molecule has 1 unspecified atom stereocenters. The standard InChI is InChI=1S/C12H14O4/c1-7-3-4-9(6-8(2)13)10(5-7)11(14)12(15)16/h3-5,11,14H,6H2,1-2H3,(H,15,16). The van der Waals surface area contributed by atoms with Gasteiger partial charge in [0, 0.05) is 6.42 Å². The van der Waals surface area contributed by atoms with Gasteiger partial charge in [-0.05, 0) is 25.0 Å². The van der Waals surface area contributed by atoms with Gasteiger partial charge in [-0.25, -0.2) is 4.79 Å². The number of benzene rings is 1. The van der Waals surface area contributed by atoms with Crippen molar-refractivity contribution in [2.45, 2.75) is 26.4 Å². The summed E-state index contributed by atoms with van der Waals surface area (Å²) in [5, 5.41) is 18.3. The van der Waals surface area contributed by atoms with E-state index in [1.807, 2.05) is 0 Å². The molecule has 1 aromatic carbocycles. The summed E-state index contributed by atoms with van der Waals surface area (Å²) in [6.07, 6.45) is -1.44. The van der Waals surface area contributed by atoms with Gasteiger partial charge in [0.05, 0.1) is 0 Å². The highest BCUT2D eigenvalue weighted by atomic mass is 16.4. The lowest BCUT2D eigenvalue weighted by molar-refractivity contribution is -0.147. The molecule has 16 heavy (non-hydrogen) atoms. The van der Waals surface area contributed by atoms with Crippen molar-refractivity contribution < 1.29 is 19.8 Å². The number of aliphatic hydroxyl groups is 1. The molecule has 0 aliphatic heterocycles. The second-order valence-electron chi connectivity index (χ2n) is 3.82. The summed E-state index contributed by atoms with van der Waals surface area (Å²) in [5.41, 5.74) is 1.71. The molecule has 2 N–H and O–H groups in total. The Kier molecular flexibility index (Phi) is 3.79. The molecule has 0 heterocycles. The third-order valence-corrected chi connectivity index (χ3v) is 2.27. The van der Waals surface area contributed by atoms with E-state index in [4.69, 9.17) is 5.11 Å². The van der Waals surface area contributed by atoms with Crippen LogP contribution in [0.1, 0.15) is 29.7 Å². The Bertz CT molecular complexity index is 423. The van der Waals surface area contributed by atoms with Gasteiger partial charge in [0.25, 0.3) is 0 Å². The van der Waals surface area contributed by atoms with Crippen molar-refractivity contribution in [3.05, 3.63) is 34.9 Å². The van der Waals surface area contributed by atoms with Gasteiger partial charge in [-0.3, -0.25) is 4.79 Å². The van der Waals surface area contributed by atoms with E-state index in [9.17, 15) is 14.7 Å². The van der Waals surface area contributed by atoms with Crippen LogP contribution in [0.25, 0.3) is 0 Å². The predicted molar refractivity (Wildman–Crippen MR) is 58.2 cm³/mol. The van der Waals surface area contributed by atoms with E-state index >= 15 is 0 Å². The SMILES string of the molecule is CC(=O)Cc1ccc(C)cc1C(O)C(=O)O. The van der Waals surface area contributed by atoms with Crippen LogP contribution in [0, 0.1) is 6.92 Å². The normalized spacial score (nSPS) is 12.2. The van der Waals surface area contributed by atoms with E-state index < -0.39 is 12.1 Å². The summed E-state index contributed by atoms with van der Waals surface area (Å²) >= 11 is 0. The van der Waals surface area contributed by atoms with E-state index in [-0.39, 0.29) is 12.2 Å². The third kappa shape index (κ3) is 2.90. The van der Waals surface area contributed by atoms with E-state index in [2.05, 4.69) is 0 Å². The van der Waals surface area contributed by atoms with Crippen molar-refractivity contribution in [2.75, 3.05) is 0 Å². The number of carboxylic acid groups (broad SMARTS) is 1. The Morgan fingerprint density at radius 1 is 1.38 bits per heavy atom. The second kappa shape index (κ2) is 4.90. The number of Topliss-reactive ketones (excluding diaryl/α,β-unsaturated/α-hetero) is 1. The van der Waals surface area contributed by atoms with Crippen LogP contribution < -0.4 is 0 Å². The Morgan fingerprint density at radius 3 is 2.50 bits per heavy atom. The number of aryl methyl sites for hydroxylation is 1. The van der Waals surface area contributed by atoms with Crippen LogP contribution in [0.4, 0.5) is 0 Å². The molecule has 0 bridgehead atoms. The molecule has 0 saturated heterocycles. The van der Waals surface area contributed by atoms with Crippen LogP contribution in [0.5, 0.6) is 0 Å². The van der Waals surface area contributed by atoms with Gasteiger partial charge in [-0.15, -0.1) is 0 Å². The molecular weight excluding hydrogens is 208 g/mol. The summed E-state index contributed by atoms with van der Waals surface area (Å²) in [5.74, 6) is -1.38. The maximum atomic E-state index is 11.0. The quantitative estimate of drug-likeness (QED) is 0.803. The fourth-order valence-corrected chi connectivity index (χ4v) is 1.53. The van der Waals surface area contributed by atoms with Crippen LogP contribution in [-0.2, 0) is 16.0 Å². The minimum atomic E-state index is -1.57. The Balaban J connectivity index is 3.17. The fourth-order valence-electron chi connectivity index (χ4n) is 1.53. The molecule has 0 amide bonds. The third-order valence-electron chi connectivity index (χ3n) is 2.27. The maximum absolute atomic E-state index is 11.0. The molecule has 4 heteroatoms. The van der Waals surface area contributed by atoms with Crippen LogP contribution in [0.2, 0.25) is 0 Å². The second-order valence-corrected chi connectivity index (χ2v) is 3.82. The maximum Gasteiger partial charge on any atom is 0.337 e. The number of carbonyl (C=O) groups is 2. The monoisotopic (exact) mass is 222 g/mol. The van der Waals surface area contributed by atoms with E-state index in [0.717, 1.165) is 5.56 Å². The first kappa shape index (κ1) is 12.4. The van der Waals surface area contributed by atoms with Crippen molar-refractivity contribution in [2.24, 2.45) is 0 Å².